The number of unbranched alkanes of at least 4 members (excludes halogenated alkanes) is 1. The van der Waals surface area contributed by atoms with E-state index in [2.05, 4.69) is 0 Å². The Morgan fingerprint density at radius 2 is 1.75 bits per heavy atom. The number of carbonyl (C=O) groups excluding carboxylic acids is 1. The maximum absolute atomic E-state index is 12.0. The molecule has 0 heterocycles. The van der Waals surface area contributed by atoms with Gasteiger partial charge < -0.3 is 4.74 Å². The van der Waals surface area contributed by atoms with E-state index in [1.54, 1.807) is 38.1 Å². The molecule has 0 atom stereocenters. The van der Waals surface area contributed by atoms with Crippen LogP contribution >= 0.6 is 0 Å². The van der Waals surface area contributed by atoms with E-state index >= 15 is 0 Å². The Morgan fingerprint density at radius 1 is 1.15 bits per heavy atom. The molecule has 4 nitrogen and oxygen atoms in total. The Bertz CT molecular complexity index is 529. The second-order valence-corrected chi connectivity index (χ2v) is 7.24. The fourth-order valence-corrected chi connectivity index (χ4v) is 3.12. The number of aryl methyl sites for hydroxylation is 1. The van der Waals surface area contributed by atoms with Gasteiger partial charge in [-0.2, -0.15) is 0 Å². The van der Waals surface area contributed by atoms with Crippen molar-refractivity contribution in [1.82, 2.24) is 0 Å². The smallest absolute Gasteiger partial charge is 0.306 e. The van der Waals surface area contributed by atoms with Gasteiger partial charge in [-0.15, -0.1) is 0 Å². The third-order valence-electron chi connectivity index (χ3n) is 2.79. The molecular formula is C15H22O4S. The van der Waals surface area contributed by atoms with Gasteiger partial charge in [0.2, 0.25) is 0 Å². The van der Waals surface area contributed by atoms with Crippen LogP contribution in [0.15, 0.2) is 29.2 Å². The first-order chi connectivity index (χ1) is 9.31. The first kappa shape index (κ1) is 16.7. The summed E-state index contributed by atoms with van der Waals surface area (Å²) in [5, 5.41) is 0. The van der Waals surface area contributed by atoms with Crippen molar-refractivity contribution in [3.63, 3.8) is 0 Å². The lowest BCUT2D eigenvalue weighted by atomic mass is 10.2. The molecule has 0 spiro atoms. The predicted octanol–water partition coefficient (Wildman–Crippen LogP) is 2.89. The molecule has 0 unspecified atom stereocenters. The zero-order valence-electron chi connectivity index (χ0n) is 12.3. The van der Waals surface area contributed by atoms with E-state index in [1.165, 1.54) is 0 Å². The number of carbonyl (C=O) groups is 1. The minimum atomic E-state index is -3.25. The van der Waals surface area contributed by atoms with Gasteiger partial charge >= 0.3 is 5.97 Å². The van der Waals surface area contributed by atoms with E-state index < -0.39 is 9.84 Å². The average Bonchev–Trinajstić information content (AvgIpc) is 2.34. The summed E-state index contributed by atoms with van der Waals surface area (Å²) in [7, 11) is -3.25. The normalized spacial score (nSPS) is 11.6. The summed E-state index contributed by atoms with van der Waals surface area (Å²) < 4.78 is 29.1. The number of rotatable bonds is 7. The molecule has 0 bridgehead atoms. The highest BCUT2D eigenvalue weighted by atomic mass is 32.2. The van der Waals surface area contributed by atoms with Crippen molar-refractivity contribution in [2.24, 2.45) is 0 Å². The van der Waals surface area contributed by atoms with Crippen LogP contribution in [0.5, 0.6) is 0 Å². The topological polar surface area (TPSA) is 60.4 Å². The maximum Gasteiger partial charge on any atom is 0.306 e. The number of ether oxygens (including phenoxy) is 1. The SMILES string of the molecule is Cc1ccc(S(=O)(=O)CCCCC(=O)OC(C)C)cc1. The highest BCUT2D eigenvalue weighted by Crippen LogP contribution is 2.14. The summed E-state index contributed by atoms with van der Waals surface area (Å²) >= 11 is 0. The minimum absolute atomic E-state index is 0.0605. The largest absolute Gasteiger partial charge is 0.463 e. The molecule has 0 amide bonds. The van der Waals surface area contributed by atoms with Crippen LogP contribution in [0.4, 0.5) is 0 Å². The molecular weight excluding hydrogens is 276 g/mol. The van der Waals surface area contributed by atoms with Gasteiger partial charge in [0.1, 0.15) is 0 Å². The van der Waals surface area contributed by atoms with Gasteiger partial charge in [-0.3, -0.25) is 4.79 Å². The fraction of sp³-hybridized carbons (Fsp3) is 0.533. The molecule has 0 saturated carbocycles. The molecule has 0 saturated heterocycles. The fourth-order valence-electron chi connectivity index (χ4n) is 1.75. The lowest BCUT2D eigenvalue weighted by Gasteiger charge is -2.08. The second kappa shape index (κ2) is 7.43. The quantitative estimate of drug-likeness (QED) is 0.573. The molecule has 0 aliphatic rings. The Hall–Kier alpha value is -1.36. The van der Waals surface area contributed by atoms with Crippen LogP contribution in [0.1, 0.15) is 38.7 Å². The lowest BCUT2D eigenvalue weighted by molar-refractivity contribution is -0.147. The molecule has 0 N–H and O–H groups in total. The summed E-state index contributed by atoms with van der Waals surface area (Å²) in [5.74, 6) is -0.210. The Balaban J connectivity index is 2.41. The van der Waals surface area contributed by atoms with Gasteiger partial charge in [0, 0.05) is 6.42 Å². The summed E-state index contributed by atoms with van der Waals surface area (Å²) in [6, 6.07) is 6.81. The number of esters is 1. The van der Waals surface area contributed by atoms with E-state index in [1.807, 2.05) is 6.92 Å². The second-order valence-electron chi connectivity index (χ2n) is 5.13. The van der Waals surface area contributed by atoms with Gasteiger partial charge in [-0.1, -0.05) is 17.7 Å². The van der Waals surface area contributed by atoms with Gasteiger partial charge in [0.05, 0.1) is 16.8 Å². The first-order valence-corrected chi connectivity index (χ1v) is 8.45. The number of sulfone groups is 1. The van der Waals surface area contributed by atoms with Crippen LogP contribution in [0, 0.1) is 6.92 Å². The van der Waals surface area contributed by atoms with E-state index in [0.717, 1.165) is 5.56 Å². The Morgan fingerprint density at radius 3 is 2.30 bits per heavy atom. The standard InChI is InChI=1S/C15H22O4S/c1-12(2)19-15(16)6-4-5-11-20(17,18)14-9-7-13(3)8-10-14/h7-10,12H,4-6,11H2,1-3H3. The summed E-state index contributed by atoms with van der Waals surface area (Å²) in [6.07, 6.45) is 1.13. The van der Waals surface area contributed by atoms with Crippen molar-refractivity contribution in [3.8, 4) is 0 Å². The lowest BCUT2D eigenvalue weighted by Crippen LogP contribution is -2.12. The van der Waals surface area contributed by atoms with E-state index in [9.17, 15) is 13.2 Å². The van der Waals surface area contributed by atoms with Gasteiger partial charge in [0.25, 0.3) is 0 Å². The van der Waals surface area contributed by atoms with Crippen molar-refractivity contribution in [3.05, 3.63) is 29.8 Å². The van der Waals surface area contributed by atoms with E-state index in [0.29, 0.717) is 17.7 Å². The van der Waals surface area contributed by atoms with E-state index in [-0.39, 0.29) is 24.2 Å². The van der Waals surface area contributed by atoms with E-state index in [4.69, 9.17) is 4.74 Å². The van der Waals surface area contributed by atoms with Crippen molar-refractivity contribution >= 4 is 15.8 Å². The average molecular weight is 298 g/mol. The van der Waals surface area contributed by atoms with Crippen LogP contribution < -0.4 is 0 Å². The van der Waals surface area contributed by atoms with Crippen molar-refractivity contribution in [2.45, 2.75) is 51.0 Å². The van der Waals surface area contributed by atoms with Crippen LogP contribution in [0.3, 0.4) is 0 Å². The monoisotopic (exact) mass is 298 g/mol. The van der Waals surface area contributed by atoms with Crippen LogP contribution in [0.2, 0.25) is 0 Å². The van der Waals surface area contributed by atoms with Crippen LogP contribution in [0.25, 0.3) is 0 Å². The molecule has 0 radical (unpaired) electrons. The summed E-state index contributed by atoms with van der Waals surface area (Å²) in [4.78, 5) is 11.7. The molecule has 0 aromatic heterocycles. The van der Waals surface area contributed by atoms with Crippen LogP contribution in [-0.2, 0) is 19.4 Å². The number of benzene rings is 1. The maximum atomic E-state index is 12.0. The predicted molar refractivity (Wildman–Crippen MR) is 78.3 cm³/mol. The van der Waals surface area contributed by atoms with Crippen molar-refractivity contribution < 1.29 is 17.9 Å². The van der Waals surface area contributed by atoms with Crippen molar-refractivity contribution in [2.75, 3.05) is 5.75 Å². The third kappa shape index (κ3) is 5.74. The Kier molecular flexibility index (Phi) is 6.20. The van der Waals surface area contributed by atoms with Gasteiger partial charge in [-0.05, 0) is 45.7 Å². The molecule has 1 aromatic carbocycles. The summed E-state index contributed by atoms with van der Waals surface area (Å²) in [6.45, 7) is 5.50. The number of hydrogen-bond donors (Lipinski definition) is 0. The van der Waals surface area contributed by atoms with Crippen LogP contribution in [-0.4, -0.2) is 26.2 Å². The molecule has 1 rings (SSSR count). The molecule has 0 aliphatic heterocycles. The molecule has 112 valence electrons. The first-order valence-electron chi connectivity index (χ1n) is 6.80. The molecule has 1 aromatic rings. The molecule has 0 fully saturated rings. The molecule has 5 heteroatoms. The van der Waals surface area contributed by atoms with Gasteiger partial charge in [-0.25, -0.2) is 8.42 Å². The van der Waals surface area contributed by atoms with Gasteiger partial charge in [0.15, 0.2) is 9.84 Å². The summed E-state index contributed by atoms with van der Waals surface area (Å²) in [5.41, 5.74) is 1.03. The molecule has 0 aliphatic carbocycles. The minimum Gasteiger partial charge on any atom is -0.463 e. The zero-order chi connectivity index (χ0) is 15.2. The Labute approximate surface area is 121 Å². The zero-order valence-corrected chi connectivity index (χ0v) is 13.1. The molecule has 20 heavy (non-hydrogen) atoms. The number of hydrogen-bond acceptors (Lipinski definition) is 4. The highest BCUT2D eigenvalue weighted by molar-refractivity contribution is 7.91. The van der Waals surface area contributed by atoms with Crippen molar-refractivity contribution in [1.29, 1.82) is 0 Å². The highest BCUT2D eigenvalue weighted by Gasteiger charge is 2.14. The third-order valence-corrected chi connectivity index (χ3v) is 4.61.